The summed E-state index contributed by atoms with van der Waals surface area (Å²) < 4.78 is 0. The number of carbonyl (C=O) groups excluding carboxylic acids is 1. The average Bonchev–Trinajstić information content (AvgIpc) is 3.47. The Balaban J connectivity index is 1.32. The fraction of sp³-hybridized carbons (Fsp3) is 0.500. The largest absolute Gasteiger partial charge is 0.369 e. The van der Waals surface area contributed by atoms with E-state index in [4.69, 9.17) is 4.99 Å². The third kappa shape index (κ3) is 4.07. The third-order valence-corrected chi connectivity index (χ3v) is 6.73. The molecule has 0 aromatic heterocycles. The number of piperazine rings is 1. The van der Waals surface area contributed by atoms with Gasteiger partial charge in [0.15, 0.2) is 6.17 Å². The van der Waals surface area contributed by atoms with Gasteiger partial charge in [-0.25, -0.2) is 4.99 Å². The summed E-state index contributed by atoms with van der Waals surface area (Å²) in [6.07, 6.45) is 8.47. The molecule has 1 aromatic rings. The number of hydrogen-bond donors (Lipinski definition) is 3. The highest BCUT2D eigenvalue weighted by atomic mass is 16.2. The summed E-state index contributed by atoms with van der Waals surface area (Å²) in [6.45, 7) is 4.13. The number of nitrogens with zero attached hydrogens (tertiary/aromatic N) is 4. The molecule has 1 saturated carbocycles. The zero-order chi connectivity index (χ0) is 22.1. The van der Waals surface area contributed by atoms with Crippen LogP contribution in [0, 0.1) is 0 Å². The molecule has 1 saturated heterocycles. The molecule has 8 nitrogen and oxygen atoms in total. The molecule has 8 heteroatoms. The molecule has 0 spiro atoms. The molecule has 2 fully saturated rings. The highest BCUT2D eigenvalue weighted by Crippen LogP contribution is 2.37. The molecule has 170 valence electrons. The number of anilines is 2. The SMILES string of the molecule is CN(C)C(=O)C1=CC2=CNC(Nc3ccc(N4CCNCC4)cc3)=NC2N1C1CCCC1. The second kappa shape index (κ2) is 8.86. The van der Waals surface area contributed by atoms with Crippen LogP contribution in [0.25, 0.3) is 0 Å². The summed E-state index contributed by atoms with van der Waals surface area (Å²) in [5, 5.41) is 10.1. The molecule has 3 aliphatic heterocycles. The van der Waals surface area contributed by atoms with Crippen LogP contribution in [0.3, 0.4) is 0 Å². The molecule has 3 N–H and O–H groups in total. The number of hydrogen-bond acceptors (Lipinski definition) is 7. The molecule has 3 heterocycles. The maximum atomic E-state index is 12.9. The van der Waals surface area contributed by atoms with E-state index in [1.165, 1.54) is 18.5 Å². The lowest BCUT2D eigenvalue weighted by atomic mass is 10.1. The van der Waals surface area contributed by atoms with Crippen molar-refractivity contribution in [3.8, 4) is 0 Å². The maximum absolute atomic E-state index is 12.9. The van der Waals surface area contributed by atoms with Crippen LogP contribution in [-0.2, 0) is 4.79 Å². The second-order valence-corrected chi connectivity index (χ2v) is 9.12. The van der Waals surface area contributed by atoms with Crippen molar-refractivity contribution in [2.45, 2.75) is 37.9 Å². The van der Waals surface area contributed by atoms with E-state index in [-0.39, 0.29) is 12.1 Å². The van der Waals surface area contributed by atoms with Crippen LogP contribution in [-0.4, -0.2) is 74.1 Å². The minimum Gasteiger partial charge on any atom is -0.369 e. The highest BCUT2D eigenvalue weighted by Gasteiger charge is 2.40. The lowest BCUT2D eigenvalue weighted by Gasteiger charge is -2.35. The predicted molar refractivity (Wildman–Crippen MR) is 128 cm³/mol. The fourth-order valence-electron chi connectivity index (χ4n) is 5.03. The number of fused-ring (bicyclic) bond motifs is 1. The van der Waals surface area contributed by atoms with Crippen molar-refractivity contribution in [2.75, 3.05) is 50.5 Å². The van der Waals surface area contributed by atoms with Crippen molar-refractivity contribution >= 4 is 23.2 Å². The highest BCUT2D eigenvalue weighted by molar-refractivity contribution is 5.97. The van der Waals surface area contributed by atoms with E-state index < -0.39 is 0 Å². The maximum Gasteiger partial charge on any atom is 0.269 e. The van der Waals surface area contributed by atoms with Gasteiger partial charge in [-0.15, -0.1) is 0 Å². The molecule has 1 amide bonds. The van der Waals surface area contributed by atoms with E-state index in [1.807, 2.05) is 26.4 Å². The van der Waals surface area contributed by atoms with Gasteiger partial charge in [0.05, 0.1) is 0 Å². The van der Waals surface area contributed by atoms with Gasteiger partial charge in [0.1, 0.15) is 5.70 Å². The molecule has 0 bridgehead atoms. The first-order chi connectivity index (χ1) is 15.6. The molecule has 4 aliphatic rings. The molecule has 32 heavy (non-hydrogen) atoms. The van der Waals surface area contributed by atoms with Gasteiger partial charge in [-0.3, -0.25) is 4.79 Å². The van der Waals surface area contributed by atoms with E-state index in [0.29, 0.717) is 12.0 Å². The summed E-state index contributed by atoms with van der Waals surface area (Å²) in [6, 6.07) is 8.89. The van der Waals surface area contributed by atoms with Gasteiger partial charge in [0.2, 0.25) is 5.96 Å². The van der Waals surface area contributed by atoms with Gasteiger partial charge >= 0.3 is 0 Å². The van der Waals surface area contributed by atoms with Crippen molar-refractivity contribution in [1.29, 1.82) is 0 Å². The number of benzene rings is 1. The lowest BCUT2D eigenvalue weighted by Crippen LogP contribution is -2.45. The Morgan fingerprint density at radius 3 is 2.53 bits per heavy atom. The average molecular weight is 436 g/mol. The molecular formula is C24H33N7O. The molecule has 1 unspecified atom stereocenters. The Labute approximate surface area is 190 Å². The molecule has 1 aromatic carbocycles. The number of carbonyl (C=O) groups is 1. The summed E-state index contributed by atoms with van der Waals surface area (Å²) >= 11 is 0. The Kier molecular flexibility index (Phi) is 5.78. The van der Waals surface area contributed by atoms with Crippen molar-refractivity contribution in [3.05, 3.63) is 47.8 Å². The van der Waals surface area contributed by atoms with E-state index in [1.54, 1.807) is 4.90 Å². The van der Waals surface area contributed by atoms with Crippen LogP contribution < -0.4 is 20.9 Å². The summed E-state index contributed by atoms with van der Waals surface area (Å²) in [4.78, 5) is 24.2. The van der Waals surface area contributed by atoms with Gasteiger partial charge in [0.25, 0.3) is 5.91 Å². The van der Waals surface area contributed by atoms with Crippen LogP contribution in [0.1, 0.15) is 25.7 Å². The Morgan fingerprint density at radius 2 is 1.84 bits per heavy atom. The van der Waals surface area contributed by atoms with Gasteiger partial charge < -0.3 is 30.7 Å². The minimum absolute atomic E-state index is 0.0420. The van der Waals surface area contributed by atoms with Gasteiger partial charge in [-0.2, -0.15) is 0 Å². The summed E-state index contributed by atoms with van der Waals surface area (Å²) in [7, 11) is 3.62. The van der Waals surface area contributed by atoms with Crippen LogP contribution in [0.2, 0.25) is 0 Å². The smallest absolute Gasteiger partial charge is 0.269 e. The lowest BCUT2D eigenvalue weighted by molar-refractivity contribution is -0.126. The second-order valence-electron chi connectivity index (χ2n) is 9.12. The van der Waals surface area contributed by atoms with Crippen LogP contribution in [0.15, 0.2) is 52.8 Å². The van der Waals surface area contributed by atoms with Crippen LogP contribution in [0.4, 0.5) is 11.4 Å². The van der Waals surface area contributed by atoms with Crippen molar-refractivity contribution in [3.63, 3.8) is 0 Å². The Hall–Kier alpha value is -3.00. The Bertz CT molecular complexity index is 938. The molecule has 0 radical (unpaired) electrons. The molecular weight excluding hydrogens is 402 g/mol. The van der Waals surface area contributed by atoms with Crippen LogP contribution >= 0.6 is 0 Å². The van der Waals surface area contributed by atoms with Gasteiger partial charge in [-0.05, 0) is 43.2 Å². The van der Waals surface area contributed by atoms with E-state index in [9.17, 15) is 4.79 Å². The van der Waals surface area contributed by atoms with E-state index in [0.717, 1.165) is 56.0 Å². The fourth-order valence-corrected chi connectivity index (χ4v) is 5.03. The third-order valence-electron chi connectivity index (χ3n) is 6.73. The first-order valence-electron chi connectivity index (χ1n) is 11.7. The predicted octanol–water partition coefficient (Wildman–Crippen LogP) is 1.91. The minimum atomic E-state index is -0.152. The topological polar surface area (TPSA) is 75.2 Å². The quantitative estimate of drug-likeness (QED) is 0.671. The number of likely N-dealkylation sites (N-methyl/N-ethyl adjacent to an activating group) is 1. The monoisotopic (exact) mass is 435 g/mol. The zero-order valence-electron chi connectivity index (χ0n) is 19.0. The molecule has 1 aliphatic carbocycles. The molecule has 5 rings (SSSR count). The number of aliphatic imine (C=N–C) groups is 1. The zero-order valence-corrected chi connectivity index (χ0v) is 19.0. The van der Waals surface area contributed by atoms with Crippen molar-refractivity contribution in [1.82, 2.24) is 20.4 Å². The summed E-state index contributed by atoms with van der Waals surface area (Å²) in [5.41, 5.74) is 4.04. The van der Waals surface area contributed by atoms with Crippen molar-refractivity contribution < 1.29 is 4.79 Å². The standard InChI is InChI=1S/C24H33N7O/c1-29(2)23(32)21-15-17-16-26-24(28-22(17)31(21)20-5-3-4-6-20)27-18-7-9-19(10-8-18)30-13-11-25-12-14-30/h7-10,15-16,20,22,25H,3-6,11-14H2,1-2H3,(H2,26,27,28). The van der Waals surface area contributed by atoms with Gasteiger partial charge in [-0.1, -0.05) is 12.8 Å². The first kappa shape index (κ1) is 20.9. The number of guanidine groups is 1. The normalized spacial score (nSPS) is 23.2. The number of rotatable bonds is 4. The van der Waals surface area contributed by atoms with Crippen molar-refractivity contribution in [2.24, 2.45) is 4.99 Å². The summed E-state index contributed by atoms with van der Waals surface area (Å²) in [5.74, 6) is 0.754. The number of amides is 1. The number of nitrogens with one attached hydrogen (secondary N) is 3. The molecule has 1 atom stereocenters. The first-order valence-corrected chi connectivity index (χ1v) is 11.7. The van der Waals surface area contributed by atoms with Gasteiger partial charge in [0, 0.05) is 69.5 Å². The Morgan fingerprint density at radius 1 is 1.12 bits per heavy atom. The van der Waals surface area contributed by atoms with E-state index in [2.05, 4.69) is 50.0 Å². The van der Waals surface area contributed by atoms with Crippen LogP contribution in [0.5, 0.6) is 0 Å². The van der Waals surface area contributed by atoms with E-state index >= 15 is 0 Å².